The number of hydrogen-bond donors (Lipinski definition) is 2. The first kappa shape index (κ1) is 19.0. The molecule has 8 heteroatoms. The predicted octanol–water partition coefficient (Wildman–Crippen LogP) is 1.52. The van der Waals surface area contributed by atoms with E-state index in [2.05, 4.69) is 15.6 Å². The first-order valence-electron chi connectivity index (χ1n) is 8.48. The van der Waals surface area contributed by atoms with Gasteiger partial charge in [0.05, 0.1) is 6.54 Å². The third kappa shape index (κ3) is 6.21. The van der Waals surface area contributed by atoms with Crippen LogP contribution in [0.15, 0.2) is 23.2 Å². The summed E-state index contributed by atoms with van der Waals surface area (Å²) in [5.41, 5.74) is 0. The van der Waals surface area contributed by atoms with Crippen molar-refractivity contribution in [2.45, 2.75) is 19.8 Å². The maximum atomic E-state index is 13.1. The highest BCUT2D eigenvalue weighted by molar-refractivity contribution is 5.85. The fraction of sp³-hybridized carbons (Fsp3) is 0.529. The second-order valence-electron chi connectivity index (χ2n) is 5.63. The molecule has 138 valence electrons. The van der Waals surface area contributed by atoms with Crippen LogP contribution in [0.25, 0.3) is 0 Å². The van der Waals surface area contributed by atoms with Crippen LogP contribution >= 0.6 is 0 Å². The minimum atomic E-state index is -0.944. The number of rotatable bonds is 7. The van der Waals surface area contributed by atoms with Crippen LogP contribution in [0.2, 0.25) is 0 Å². The van der Waals surface area contributed by atoms with E-state index < -0.39 is 11.6 Å². The van der Waals surface area contributed by atoms with Crippen molar-refractivity contribution in [2.75, 3.05) is 39.3 Å². The third-order valence-corrected chi connectivity index (χ3v) is 3.73. The molecule has 1 amide bonds. The number of nitrogens with zero attached hydrogens (tertiary/aromatic N) is 2. The molecular formula is C17H24F2N4O2. The molecule has 0 radical (unpaired) electrons. The first-order chi connectivity index (χ1) is 12.1. The molecule has 0 atom stereocenters. The van der Waals surface area contributed by atoms with E-state index in [-0.39, 0.29) is 24.8 Å². The normalized spacial score (nSPS) is 14.5. The number of halogens is 2. The standard InChI is InChI=1S/C17H24F2N4O2/c1-2-20-17(22-12-16(24)23-8-3-4-9-23)21-7-10-25-13-5-6-14(18)15(19)11-13/h5-6,11H,2-4,7-10,12H2,1H3,(H2,20,21,22). The second-order valence-corrected chi connectivity index (χ2v) is 5.63. The lowest BCUT2D eigenvalue weighted by atomic mass is 10.3. The van der Waals surface area contributed by atoms with Crippen LogP contribution in [0.5, 0.6) is 5.75 Å². The summed E-state index contributed by atoms with van der Waals surface area (Å²) in [4.78, 5) is 18.1. The minimum Gasteiger partial charge on any atom is -0.492 e. The van der Waals surface area contributed by atoms with Gasteiger partial charge in [0.1, 0.15) is 18.9 Å². The quantitative estimate of drug-likeness (QED) is 0.443. The summed E-state index contributed by atoms with van der Waals surface area (Å²) in [5.74, 6) is -1.06. The molecule has 0 saturated carbocycles. The van der Waals surface area contributed by atoms with E-state index in [1.807, 2.05) is 11.8 Å². The molecule has 2 rings (SSSR count). The zero-order chi connectivity index (χ0) is 18.1. The number of hydrogen-bond acceptors (Lipinski definition) is 3. The van der Waals surface area contributed by atoms with Crippen LogP contribution in [0.3, 0.4) is 0 Å². The number of amides is 1. The highest BCUT2D eigenvalue weighted by atomic mass is 19.2. The van der Waals surface area contributed by atoms with Gasteiger partial charge in [0.25, 0.3) is 0 Å². The summed E-state index contributed by atoms with van der Waals surface area (Å²) in [6.07, 6.45) is 2.10. The molecule has 1 aliphatic rings. The molecule has 0 aliphatic carbocycles. The lowest BCUT2D eigenvalue weighted by Gasteiger charge is -2.15. The van der Waals surface area contributed by atoms with Crippen molar-refractivity contribution >= 4 is 11.9 Å². The molecule has 0 bridgehead atoms. The molecule has 1 fully saturated rings. The zero-order valence-electron chi connectivity index (χ0n) is 14.4. The largest absolute Gasteiger partial charge is 0.492 e. The molecule has 1 aliphatic heterocycles. The van der Waals surface area contributed by atoms with Gasteiger partial charge in [0.2, 0.25) is 5.91 Å². The molecule has 0 unspecified atom stereocenters. The van der Waals surface area contributed by atoms with E-state index in [4.69, 9.17) is 4.74 Å². The second kappa shape index (κ2) is 9.80. The van der Waals surface area contributed by atoms with Gasteiger partial charge in [-0.2, -0.15) is 0 Å². The van der Waals surface area contributed by atoms with E-state index in [0.29, 0.717) is 19.0 Å². The van der Waals surface area contributed by atoms with Crippen LogP contribution in [-0.2, 0) is 4.79 Å². The molecule has 0 aromatic heterocycles. The Balaban J connectivity index is 1.75. The van der Waals surface area contributed by atoms with Gasteiger partial charge >= 0.3 is 0 Å². The van der Waals surface area contributed by atoms with Crippen LogP contribution < -0.4 is 15.4 Å². The van der Waals surface area contributed by atoms with E-state index >= 15 is 0 Å². The molecule has 1 saturated heterocycles. The van der Waals surface area contributed by atoms with E-state index in [1.165, 1.54) is 6.07 Å². The van der Waals surface area contributed by atoms with Gasteiger partial charge in [-0.05, 0) is 31.9 Å². The molecule has 1 heterocycles. The number of benzene rings is 1. The fourth-order valence-corrected chi connectivity index (χ4v) is 2.46. The smallest absolute Gasteiger partial charge is 0.244 e. The van der Waals surface area contributed by atoms with E-state index in [0.717, 1.165) is 38.1 Å². The van der Waals surface area contributed by atoms with Crippen molar-refractivity contribution in [3.05, 3.63) is 29.8 Å². The number of guanidine groups is 1. The Morgan fingerprint density at radius 1 is 1.24 bits per heavy atom. The number of carbonyl (C=O) groups is 1. The number of carbonyl (C=O) groups excluding carboxylic acids is 1. The summed E-state index contributed by atoms with van der Waals surface area (Å²) in [6.45, 7) is 4.95. The SMILES string of the molecule is CCNC(=NCC(=O)N1CCCC1)NCCOc1ccc(F)c(F)c1. The van der Waals surface area contributed by atoms with Gasteiger partial charge < -0.3 is 20.3 Å². The Bertz CT molecular complexity index is 604. The van der Waals surface area contributed by atoms with Crippen LogP contribution in [0.4, 0.5) is 8.78 Å². The molecule has 1 aromatic carbocycles. The van der Waals surface area contributed by atoms with Crippen LogP contribution in [-0.4, -0.2) is 56.1 Å². The van der Waals surface area contributed by atoms with Gasteiger partial charge in [0, 0.05) is 25.7 Å². The maximum Gasteiger partial charge on any atom is 0.244 e. The molecular weight excluding hydrogens is 330 g/mol. The van der Waals surface area contributed by atoms with Gasteiger partial charge in [-0.25, -0.2) is 13.8 Å². The summed E-state index contributed by atoms with van der Waals surface area (Å²) >= 11 is 0. The van der Waals surface area contributed by atoms with Crippen LogP contribution in [0.1, 0.15) is 19.8 Å². The first-order valence-corrected chi connectivity index (χ1v) is 8.48. The summed E-state index contributed by atoms with van der Waals surface area (Å²) in [5, 5.41) is 6.08. The minimum absolute atomic E-state index is 0.0211. The van der Waals surface area contributed by atoms with Crippen molar-refractivity contribution in [1.29, 1.82) is 0 Å². The lowest BCUT2D eigenvalue weighted by Crippen LogP contribution is -2.40. The number of ether oxygens (including phenoxy) is 1. The monoisotopic (exact) mass is 354 g/mol. The average Bonchev–Trinajstić information content (AvgIpc) is 3.14. The summed E-state index contributed by atoms with van der Waals surface area (Å²) < 4.78 is 31.3. The molecule has 2 N–H and O–H groups in total. The van der Waals surface area contributed by atoms with Gasteiger partial charge in [0.15, 0.2) is 17.6 Å². The Morgan fingerprint density at radius 3 is 2.68 bits per heavy atom. The van der Waals surface area contributed by atoms with Gasteiger partial charge in [-0.15, -0.1) is 0 Å². The molecule has 0 spiro atoms. The maximum absolute atomic E-state index is 13.1. The fourth-order valence-electron chi connectivity index (χ4n) is 2.46. The van der Waals surface area contributed by atoms with Crippen molar-refractivity contribution in [1.82, 2.24) is 15.5 Å². The number of aliphatic imine (C=N–C) groups is 1. The average molecular weight is 354 g/mol. The van der Waals surface area contributed by atoms with Crippen molar-refractivity contribution in [2.24, 2.45) is 4.99 Å². The Labute approximate surface area is 146 Å². The van der Waals surface area contributed by atoms with Gasteiger partial charge in [-0.1, -0.05) is 0 Å². The highest BCUT2D eigenvalue weighted by Gasteiger charge is 2.17. The Kier molecular flexibility index (Phi) is 7.43. The van der Waals surface area contributed by atoms with Crippen molar-refractivity contribution in [3.63, 3.8) is 0 Å². The third-order valence-electron chi connectivity index (χ3n) is 3.73. The predicted molar refractivity (Wildman–Crippen MR) is 91.6 cm³/mol. The zero-order valence-corrected chi connectivity index (χ0v) is 14.4. The highest BCUT2D eigenvalue weighted by Crippen LogP contribution is 2.14. The summed E-state index contributed by atoms with van der Waals surface area (Å²) in [6, 6.07) is 3.39. The van der Waals surface area contributed by atoms with Gasteiger partial charge in [-0.3, -0.25) is 4.79 Å². The Hall–Kier alpha value is -2.38. The topological polar surface area (TPSA) is 66.0 Å². The van der Waals surface area contributed by atoms with Crippen molar-refractivity contribution < 1.29 is 18.3 Å². The number of likely N-dealkylation sites (tertiary alicyclic amines) is 1. The molecule has 1 aromatic rings. The summed E-state index contributed by atoms with van der Waals surface area (Å²) in [7, 11) is 0. The van der Waals surface area contributed by atoms with Crippen LogP contribution in [0, 0.1) is 11.6 Å². The Morgan fingerprint density at radius 2 is 2.00 bits per heavy atom. The molecule has 25 heavy (non-hydrogen) atoms. The lowest BCUT2D eigenvalue weighted by molar-refractivity contribution is -0.128. The van der Waals surface area contributed by atoms with E-state index in [1.54, 1.807) is 0 Å². The van der Waals surface area contributed by atoms with Crippen molar-refractivity contribution in [3.8, 4) is 5.75 Å². The number of nitrogens with one attached hydrogen (secondary N) is 2. The molecule has 6 nitrogen and oxygen atoms in total. The van der Waals surface area contributed by atoms with E-state index in [9.17, 15) is 13.6 Å².